The van der Waals surface area contributed by atoms with Gasteiger partial charge in [-0.05, 0) is 31.9 Å². The summed E-state index contributed by atoms with van der Waals surface area (Å²) in [5.41, 5.74) is 4.17. The van der Waals surface area contributed by atoms with Gasteiger partial charge < -0.3 is 9.80 Å². The van der Waals surface area contributed by atoms with E-state index in [1.54, 1.807) is 42.0 Å². The molecular weight excluding hydrogens is 336 g/mol. The van der Waals surface area contributed by atoms with Crippen molar-refractivity contribution in [2.45, 2.75) is 19.8 Å². The van der Waals surface area contributed by atoms with Crippen LogP contribution in [0.4, 0.5) is 0 Å². The lowest BCUT2D eigenvalue weighted by molar-refractivity contribution is -0.134. The zero-order valence-electron chi connectivity index (χ0n) is 14.7. The van der Waals surface area contributed by atoms with Gasteiger partial charge in [0.1, 0.15) is 0 Å². The molecule has 25 heavy (non-hydrogen) atoms. The summed E-state index contributed by atoms with van der Waals surface area (Å²) in [5, 5.41) is 0. The molecule has 0 bridgehead atoms. The highest BCUT2D eigenvalue weighted by Crippen LogP contribution is 2.26. The van der Waals surface area contributed by atoms with Crippen molar-refractivity contribution in [3.63, 3.8) is 0 Å². The minimum Gasteiger partial charge on any atom is -0.349 e. The molecule has 2 amide bonds. The van der Waals surface area contributed by atoms with Gasteiger partial charge in [0.05, 0.1) is 27.3 Å². The molecule has 2 aromatic rings. The maximum atomic E-state index is 12.7. The molecule has 0 spiro atoms. The number of hydrogen-bond acceptors (Lipinski definition) is 5. The summed E-state index contributed by atoms with van der Waals surface area (Å²) in [6.45, 7) is 3.17. The minimum atomic E-state index is -0.0178. The third kappa shape index (κ3) is 3.71. The van der Waals surface area contributed by atoms with Crippen LogP contribution < -0.4 is 0 Å². The summed E-state index contributed by atoms with van der Waals surface area (Å²) in [6, 6.07) is 3.69. The van der Waals surface area contributed by atoms with Crippen molar-refractivity contribution >= 4 is 23.2 Å². The van der Waals surface area contributed by atoms with Gasteiger partial charge in [0.15, 0.2) is 0 Å². The lowest BCUT2D eigenvalue weighted by Crippen LogP contribution is -2.42. The van der Waals surface area contributed by atoms with Crippen molar-refractivity contribution < 1.29 is 9.59 Å². The average Bonchev–Trinajstić information content (AvgIpc) is 3.06. The van der Waals surface area contributed by atoms with Gasteiger partial charge >= 0.3 is 0 Å². The normalized spacial score (nSPS) is 15.2. The summed E-state index contributed by atoms with van der Waals surface area (Å²) in [4.78, 5) is 37.8. The fraction of sp³-hybridized carbons (Fsp3) is 0.444. The van der Waals surface area contributed by atoms with E-state index in [9.17, 15) is 9.59 Å². The molecular formula is C18H22N4O2S. The second kappa shape index (κ2) is 7.31. The first-order chi connectivity index (χ1) is 12.0. The van der Waals surface area contributed by atoms with Crippen molar-refractivity contribution in [2.75, 3.05) is 27.2 Å². The third-order valence-electron chi connectivity index (χ3n) is 4.56. The number of nitrogens with zero attached hydrogens (tertiary/aromatic N) is 4. The van der Waals surface area contributed by atoms with Crippen molar-refractivity contribution in [1.29, 1.82) is 0 Å². The van der Waals surface area contributed by atoms with Gasteiger partial charge in [-0.2, -0.15) is 0 Å². The van der Waals surface area contributed by atoms with Gasteiger partial charge in [-0.15, -0.1) is 11.3 Å². The predicted octanol–water partition coefficient (Wildman–Crippen LogP) is 2.45. The molecule has 7 heteroatoms. The lowest BCUT2D eigenvalue weighted by atomic mass is 9.95. The number of piperidine rings is 1. The number of amides is 2. The Morgan fingerprint density at radius 3 is 2.44 bits per heavy atom. The highest BCUT2D eigenvalue weighted by Gasteiger charge is 2.28. The Balaban J connectivity index is 1.64. The topological polar surface area (TPSA) is 66.4 Å². The summed E-state index contributed by atoms with van der Waals surface area (Å²) in [6.07, 6.45) is 3.07. The molecule has 1 fully saturated rings. The van der Waals surface area contributed by atoms with E-state index in [4.69, 9.17) is 0 Å². The SMILES string of the molecule is Cc1ncsc1-c1ccc(C(=O)N2CCC(C(=O)N(C)C)CC2)cn1. The van der Waals surface area contributed by atoms with Gasteiger partial charge in [-0.3, -0.25) is 14.6 Å². The van der Waals surface area contributed by atoms with Gasteiger partial charge in [0.25, 0.3) is 5.91 Å². The maximum Gasteiger partial charge on any atom is 0.255 e. The van der Waals surface area contributed by atoms with Crippen LogP contribution in [0.5, 0.6) is 0 Å². The Bertz CT molecular complexity index is 762. The zero-order valence-corrected chi connectivity index (χ0v) is 15.5. The number of pyridine rings is 1. The smallest absolute Gasteiger partial charge is 0.255 e. The van der Waals surface area contributed by atoms with E-state index in [1.165, 1.54) is 0 Å². The van der Waals surface area contributed by atoms with Crippen molar-refractivity contribution in [3.05, 3.63) is 35.1 Å². The van der Waals surface area contributed by atoms with Gasteiger partial charge in [-0.25, -0.2) is 4.98 Å². The van der Waals surface area contributed by atoms with Crippen LogP contribution in [0, 0.1) is 12.8 Å². The summed E-state index contributed by atoms with van der Waals surface area (Å²) < 4.78 is 0. The van der Waals surface area contributed by atoms with E-state index in [2.05, 4.69) is 9.97 Å². The average molecular weight is 358 g/mol. The van der Waals surface area contributed by atoms with E-state index in [-0.39, 0.29) is 17.7 Å². The van der Waals surface area contributed by atoms with Crippen LogP contribution in [0.3, 0.4) is 0 Å². The van der Waals surface area contributed by atoms with Crippen LogP contribution in [-0.2, 0) is 4.79 Å². The van der Waals surface area contributed by atoms with Crippen molar-refractivity contribution in [1.82, 2.24) is 19.8 Å². The number of carbonyl (C=O) groups is 2. The molecule has 0 unspecified atom stereocenters. The molecule has 3 rings (SSSR count). The lowest BCUT2D eigenvalue weighted by Gasteiger charge is -2.32. The monoisotopic (exact) mass is 358 g/mol. The van der Waals surface area contributed by atoms with E-state index in [1.807, 2.05) is 24.0 Å². The first-order valence-electron chi connectivity index (χ1n) is 8.34. The number of aryl methyl sites for hydroxylation is 1. The number of aromatic nitrogens is 2. The van der Waals surface area contributed by atoms with E-state index >= 15 is 0 Å². The molecule has 1 aliphatic rings. The van der Waals surface area contributed by atoms with Crippen LogP contribution >= 0.6 is 11.3 Å². The Kier molecular flexibility index (Phi) is 5.13. The molecule has 132 valence electrons. The number of thiazole rings is 1. The van der Waals surface area contributed by atoms with E-state index in [0.29, 0.717) is 31.5 Å². The molecule has 6 nitrogen and oxygen atoms in total. The highest BCUT2D eigenvalue weighted by atomic mass is 32.1. The molecule has 0 aliphatic carbocycles. The summed E-state index contributed by atoms with van der Waals surface area (Å²) >= 11 is 1.55. The van der Waals surface area contributed by atoms with Crippen molar-refractivity contribution in [3.8, 4) is 10.6 Å². The fourth-order valence-corrected chi connectivity index (χ4v) is 3.86. The molecule has 0 atom stereocenters. The van der Waals surface area contributed by atoms with Crippen molar-refractivity contribution in [2.24, 2.45) is 5.92 Å². The molecule has 0 N–H and O–H groups in total. The first kappa shape index (κ1) is 17.5. The van der Waals surface area contributed by atoms with E-state index < -0.39 is 0 Å². The second-order valence-corrected chi connectivity index (χ2v) is 7.35. The maximum absolute atomic E-state index is 12.7. The minimum absolute atomic E-state index is 0.0178. The van der Waals surface area contributed by atoms with Crippen LogP contribution in [-0.4, -0.2) is 58.8 Å². The van der Waals surface area contributed by atoms with Crippen LogP contribution in [0.25, 0.3) is 10.6 Å². The largest absolute Gasteiger partial charge is 0.349 e. The number of likely N-dealkylation sites (tertiary alicyclic amines) is 1. The summed E-state index contributed by atoms with van der Waals surface area (Å²) in [7, 11) is 3.55. The van der Waals surface area contributed by atoms with Gasteiger partial charge in [0.2, 0.25) is 5.91 Å². The zero-order chi connectivity index (χ0) is 18.0. The molecule has 0 aromatic carbocycles. The molecule has 0 radical (unpaired) electrons. The Morgan fingerprint density at radius 2 is 1.92 bits per heavy atom. The Hall–Kier alpha value is -2.28. The predicted molar refractivity (Wildman–Crippen MR) is 97.4 cm³/mol. The molecule has 1 saturated heterocycles. The van der Waals surface area contributed by atoms with Gasteiger partial charge in [-0.1, -0.05) is 0 Å². The fourth-order valence-electron chi connectivity index (χ4n) is 3.08. The first-order valence-corrected chi connectivity index (χ1v) is 9.22. The second-order valence-electron chi connectivity index (χ2n) is 6.50. The van der Waals surface area contributed by atoms with Crippen LogP contribution in [0.1, 0.15) is 28.9 Å². The number of carbonyl (C=O) groups excluding carboxylic acids is 2. The summed E-state index contributed by atoms with van der Waals surface area (Å²) in [5.74, 6) is 0.155. The molecule has 3 heterocycles. The molecule has 1 aliphatic heterocycles. The van der Waals surface area contributed by atoms with E-state index in [0.717, 1.165) is 16.3 Å². The number of rotatable bonds is 3. The standard InChI is InChI=1S/C18H22N4O2S/c1-12-16(25-11-20-12)15-5-4-14(10-19-15)18(24)22-8-6-13(7-9-22)17(23)21(2)3/h4-5,10-11,13H,6-9H2,1-3H3. The molecule has 2 aromatic heterocycles. The quantitative estimate of drug-likeness (QED) is 0.845. The van der Waals surface area contributed by atoms with Crippen LogP contribution in [0.15, 0.2) is 23.8 Å². The van der Waals surface area contributed by atoms with Crippen LogP contribution in [0.2, 0.25) is 0 Å². The third-order valence-corrected chi connectivity index (χ3v) is 5.51. The Morgan fingerprint density at radius 1 is 1.20 bits per heavy atom. The number of hydrogen-bond donors (Lipinski definition) is 0. The van der Waals surface area contributed by atoms with Gasteiger partial charge in [0, 0.05) is 39.3 Å². The highest BCUT2D eigenvalue weighted by molar-refractivity contribution is 7.13. The molecule has 0 saturated carbocycles. The Labute approximate surface area is 151 Å².